The Balaban J connectivity index is 1.53. The topological polar surface area (TPSA) is 83.8 Å². The van der Waals surface area contributed by atoms with Gasteiger partial charge in [-0.25, -0.2) is 9.37 Å². The Hall–Kier alpha value is -2.61. The molecule has 0 unspecified atom stereocenters. The third-order valence-corrected chi connectivity index (χ3v) is 3.81. The molecule has 8 heteroatoms. The van der Waals surface area contributed by atoms with Crippen molar-refractivity contribution in [2.45, 2.75) is 11.7 Å². The fourth-order valence-corrected chi connectivity index (χ4v) is 2.49. The van der Waals surface area contributed by atoms with Crippen LogP contribution in [0.25, 0.3) is 11.4 Å². The van der Waals surface area contributed by atoms with E-state index >= 15 is 0 Å². The molecule has 3 rings (SSSR count). The number of thioether (sulfide) groups is 1. The maximum absolute atomic E-state index is 13.7. The number of carbonyl (C=O) groups excluding carboxylic acids is 1. The molecular weight excluding hydrogens is 319 g/mol. The van der Waals surface area contributed by atoms with Crippen molar-refractivity contribution >= 4 is 17.7 Å². The highest BCUT2D eigenvalue weighted by atomic mass is 32.2. The first-order valence-corrected chi connectivity index (χ1v) is 7.80. The van der Waals surface area contributed by atoms with Gasteiger partial charge in [0.15, 0.2) is 5.82 Å². The second kappa shape index (κ2) is 7.10. The van der Waals surface area contributed by atoms with Gasteiger partial charge in [-0.15, -0.1) is 5.10 Å². The Labute approximate surface area is 135 Å². The van der Waals surface area contributed by atoms with Crippen molar-refractivity contribution in [2.24, 2.45) is 0 Å². The molecule has 0 aliphatic rings. The Morgan fingerprint density at radius 2 is 2.17 bits per heavy atom. The number of carbonyl (C=O) groups is 1. The van der Waals surface area contributed by atoms with Crippen LogP contribution in [0, 0.1) is 5.82 Å². The molecule has 1 aromatic carbocycles. The van der Waals surface area contributed by atoms with Gasteiger partial charge in [-0.3, -0.25) is 9.89 Å². The van der Waals surface area contributed by atoms with Gasteiger partial charge in [-0.2, -0.15) is 0 Å². The molecule has 0 saturated heterocycles. The van der Waals surface area contributed by atoms with Gasteiger partial charge in [-0.05, 0) is 24.3 Å². The molecule has 0 spiro atoms. The highest BCUT2D eigenvalue weighted by Crippen LogP contribution is 2.21. The molecular formula is C15H13FN4O2S. The maximum Gasteiger partial charge on any atom is 0.230 e. The molecule has 0 aliphatic heterocycles. The van der Waals surface area contributed by atoms with Crippen molar-refractivity contribution in [3.05, 3.63) is 54.2 Å². The minimum atomic E-state index is -0.378. The van der Waals surface area contributed by atoms with Gasteiger partial charge in [-0.1, -0.05) is 23.9 Å². The van der Waals surface area contributed by atoms with Crippen molar-refractivity contribution < 1.29 is 13.6 Å². The van der Waals surface area contributed by atoms with Crippen LogP contribution in [0.4, 0.5) is 4.39 Å². The Morgan fingerprint density at radius 3 is 2.96 bits per heavy atom. The molecule has 0 fully saturated rings. The summed E-state index contributed by atoms with van der Waals surface area (Å²) in [6, 6.07) is 9.83. The third-order valence-electron chi connectivity index (χ3n) is 2.97. The van der Waals surface area contributed by atoms with E-state index in [2.05, 4.69) is 20.5 Å². The van der Waals surface area contributed by atoms with E-state index in [1.165, 1.54) is 17.8 Å². The molecule has 2 aromatic heterocycles. The molecule has 23 heavy (non-hydrogen) atoms. The standard InChI is InChI=1S/C15H13FN4O2S/c16-12-6-2-1-5-11(12)14-18-15(20-19-14)23-9-13(21)17-8-10-4-3-7-22-10/h1-7H,8-9H2,(H,17,21)(H,18,19,20). The molecule has 3 aromatic rings. The second-order valence-electron chi connectivity index (χ2n) is 4.59. The van der Waals surface area contributed by atoms with Crippen LogP contribution in [0.1, 0.15) is 5.76 Å². The van der Waals surface area contributed by atoms with Crippen molar-refractivity contribution in [3.8, 4) is 11.4 Å². The first-order valence-electron chi connectivity index (χ1n) is 6.81. The lowest BCUT2D eigenvalue weighted by Gasteiger charge is -2.01. The summed E-state index contributed by atoms with van der Waals surface area (Å²) in [5.74, 6) is 0.639. The van der Waals surface area contributed by atoms with Crippen molar-refractivity contribution in [3.63, 3.8) is 0 Å². The van der Waals surface area contributed by atoms with Gasteiger partial charge in [0, 0.05) is 0 Å². The van der Waals surface area contributed by atoms with E-state index in [9.17, 15) is 9.18 Å². The highest BCUT2D eigenvalue weighted by Gasteiger charge is 2.11. The summed E-state index contributed by atoms with van der Waals surface area (Å²) in [5, 5.41) is 9.76. The Morgan fingerprint density at radius 1 is 1.30 bits per heavy atom. The first kappa shape index (κ1) is 15.3. The van der Waals surface area contributed by atoms with Gasteiger partial charge < -0.3 is 9.73 Å². The smallest absolute Gasteiger partial charge is 0.230 e. The van der Waals surface area contributed by atoms with E-state index < -0.39 is 0 Å². The molecule has 2 N–H and O–H groups in total. The number of rotatable bonds is 6. The lowest BCUT2D eigenvalue weighted by Crippen LogP contribution is -2.24. The molecule has 0 radical (unpaired) electrons. The summed E-state index contributed by atoms with van der Waals surface area (Å²) >= 11 is 1.17. The average Bonchev–Trinajstić information content (AvgIpc) is 3.23. The quantitative estimate of drug-likeness (QED) is 0.678. The van der Waals surface area contributed by atoms with Crippen molar-refractivity contribution in [2.75, 3.05) is 5.75 Å². The third kappa shape index (κ3) is 3.98. The zero-order valence-corrected chi connectivity index (χ0v) is 12.8. The van der Waals surface area contributed by atoms with Crippen molar-refractivity contribution in [1.29, 1.82) is 0 Å². The normalized spacial score (nSPS) is 10.7. The number of nitrogens with one attached hydrogen (secondary N) is 2. The lowest BCUT2D eigenvalue weighted by atomic mass is 10.2. The van der Waals surface area contributed by atoms with Gasteiger partial charge in [0.05, 0.1) is 24.1 Å². The van der Waals surface area contributed by atoms with Crippen LogP contribution in [0.5, 0.6) is 0 Å². The summed E-state index contributed by atoms with van der Waals surface area (Å²) in [6.45, 7) is 0.334. The number of aromatic amines is 1. The summed E-state index contributed by atoms with van der Waals surface area (Å²) in [6.07, 6.45) is 1.55. The minimum Gasteiger partial charge on any atom is -0.467 e. The molecule has 6 nitrogen and oxygen atoms in total. The van der Waals surface area contributed by atoms with Crippen LogP contribution in [0.3, 0.4) is 0 Å². The SMILES string of the molecule is O=C(CSc1n[nH]c(-c2ccccc2F)n1)NCc1ccco1. The first-order chi connectivity index (χ1) is 11.2. The number of hydrogen-bond donors (Lipinski definition) is 2. The van der Waals surface area contributed by atoms with E-state index in [1.807, 2.05) is 0 Å². The number of nitrogens with zero attached hydrogens (tertiary/aromatic N) is 2. The summed E-state index contributed by atoms with van der Waals surface area (Å²) in [4.78, 5) is 15.9. The Kier molecular flexibility index (Phi) is 4.72. The molecule has 1 amide bonds. The predicted octanol–water partition coefficient (Wildman–Crippen LogP) is 2.61. The van der Waals surface area contributed by atoms with Crippen LogP contribution in [0.15, 0.2) is 52.2 Å². The minimum absolute atomic E-state index is 0.162. The zero-order valence-electron chi connectivity index (χ0n) is 12.0. The maximum atomic E-state index is 13.7. The molecule has 0 aliphatic carbocycles. The number of amides is 1. The molecule has 2 heterocycles. The molecule has 0 atom stereocenters. The van der Waals surface area contributed by atoms with Crippen LogP contribution >= 0.6 is 11.8 Å². The Bertz CT molecular complexity index is 788. The van der Waals surface area contributed by atoms with Gasteiger partial charge in [0.25, 0.3) is 0 Å². The van der Waals surface area contributed by atoms with Gasteiger partial charge in [0.2, 0.25) is 11.1 Å². The van der Waals surface area contributed by atoms with Gasteiger partial charge >= 0.3 is 0 Å². The zero-order chi connectivity index (χ0) is 16.1. The van der Waals surface area contributed by atoms with E-state index in [4.69, 9.17) is 4.42 Å². The molecule has 0 saturated carbocycles. The van der Waals surface area contributed by atoms with E-state index in [1.54, 1.807) is 36.6 Å². The number of furan rings is 1. The second-order valence-corrected chi connectivity index (χ2v) is 5.53. The van der Waals surface area contributed by atoms with Crippen molar-refractivity contribution in [1.82, 2.24) is 20.5 Å². The van der Waals surface area contributed by atoms with Crippen LogP contribution in [-0.2, 0) is 11.3 Å². The predicted molar refractivity (Wildman–Crippen MR) is 83.1 cm³/mol. The summed E-state index contributed by atoms with van der Waals surface area (Å²) in [7, 11) is 0. The fraction of sp³-hybridized carbons (Fsp3) is 0.133. The summed E-state index contributed by atoms with van der Waals surface area (Å²) in [5.41, 5.74) is 0.342. The van der Waals surface area contributed by atoms with Crippen LogP contribution < -0.4 is 5.32 Å². The van der Waals surface area contributed by atoms with E-state index in [0.717, 1.165) is 0 Å². The number of halogens is 1. The number of benzene rings is 1. The largest absolute Gasteiger partial charge is 0.467 e. The number of aromatic nitrogens is 3. The fourth-order valence-electron chi connectivity index (χ4n) is 1.86. The molecule has 118 valence electrons. The summed E-state index contributed by atoms with van der Waals surface area (Å²) < 4.78 is 18.8. The lowest BCUT2D eigenvalue weighted by molar-refractivity contribution is -0.118. The van der Waals surface area contributed by atoms with E-state index in [0.29, 0.717) is 28.8 Å². The molecule has 0 bridgehead atoms. The van der Waals surface area contributed by atoms with Gasteiger partial charge in [0.1, 0.15) is 11.6 Å². The van der Waals surface area contributed by atoms with Crippen LogP contribution in [0.2, 0.25) is 0 Å². The average molecular weight is 332 g/mol. The number of H-pyrrole nitrogens is 1. The monoisotopic (exact) mass is 332 g/mol. The highest BCUT2D eigenvalue weighted by molar-refractivity contribution is 7.99. The van der Waals surface area contributed by atoms with E-state index in [-0.39, 0.29) is 17.5 Å². The number of hydrogen-bond acceptors (Lipinski definition) is 5. The van der Waals surface area contributed by atoms with Crippen LogP contribution in [-0.4, -0.2) is 26.8 Å².